The Morgan fingerprint density at radius 1 is 1.00 bits per heavy atom. The zero-order valence-corrected chi connectivity index (χ0v) is 15.3. The van der Waals surface area contributed by atoms with Gasteiger partial charge in [-0.1, -0.05) is 24.3 Å². The van der Waals surface area contributed by atoms with Gasteiger partial charge in [0, 0.05) is 31.7 Å². The van der Waals surface area contributed by atoms with Gasteiger partial charge in [-0.15, -0.1) is 0 Å². The number of amides is 3. The molecule has 0 spiro atoms. The molecule has 8 nitrogen and oxygen atoms in total. The van der Waals surface area contributed by atoms with Crippen molar-refractivity contribution in [3.8, 4) is 17.2 Å². The first-order valence-corrected chi connectivity index (χ1v) is 9.08. The normalized spacial score (nSPS) is 14.7. The predicted molar refractivity (Wildman–Crippen MR) is 100 cm³/mol. The van der Waals surface area contributed by atoms with Crippen molar-refractivity contribution in [3.05, 3.63) is 53.6 Å². The molecule has 0 fully saturated rings. The van der Waals surface area contributed by atoms with Crippen LogP contribution in [0.2, 0.25) is 0 Å². The lowest BCUT2D eigenvalue weighted by Crippen LogP contribution is -2.42. The summed E-state index contributed by atoms with van der Waals surface area (Å²) in [5.74, 6) is 2.02. The van der Waals surface area contributed by atoms with E-state index < -0.39 is 0 Å². The first-order chi connectivity index (χ1) is 13.7. The standard InChI is InChI=1S/C20H21N3O5/c24-19-12-26-16-4-2-1-3-15(16)11-23(19)8-7-21-20(25)22-10-14-5-6-17-18(9-14)28-13-27-17/h1-6,9H,7-8,10-13H2,(H2,21,22,25). The Hall–Kier alpha value is -3.42. The second kappa shape index (κ2) is 8.08. The summed E-state index contributed by atoms with van der Waals surface area (Å²) in [6.45, 7) is 1.82. The Bertz CT molecular complexity index is 886. The summed E-state index contributed by atoms with van der Waals surface area (Å²) in [5, 5.41) is 5.57. The molecule has 4 rings (SSSR count). The van der Waals surface area contributed by atoms with Crippen LogP contribution in [0.5, 0.6) is 17.2 Å². The van der Waals surface area contributed by atoms with Crippen molar-refractivity contribution in [3.63, 3.8) is 0 Å². The van der Waals surface area contributed by atoms with Gasteiger partial charge in [0.1, 0.15) is 5.75 Å². The van der Waals surface area contributed by atoms with Crippen molar-refractivity contribution >= 4 is 11.9 Å². The maximum absolute atomic E-state index is 12.2. The molecule has 0 aromatic heterocycles. The number of rotatable bonds is 5. The fraction of sp³-hybridized carbons (Fsp3) is 0.300. The highest BCUT2D eigenvalue weighted by Gasteiger charge is 2.21. The van der Waals surface area contributed by atoms with Gasteiger partial charge in [0.15, 0.2) is 18.1 Å². The molecule has 2 aliphatic heterocycles. The van der Waals surface area contributed by atoms with Crippen LogP contribution in [0.1, 0.15) is 11.1 Å². The minimum absolute atomic E-state index is 0.00727. The first kappa shape index (κ1) is 18.0. The number of ether oxygens (including phenoxy) is 3. The van der Waals surface area contributed by atoms with Crippen molar-refractivity contribution in [2.75, 3.05) is 26.5 Å². The maximum Gasteiger partial charge on any atom is 0.315 e. The number of fused-ring (bicyclic) bond motifs is 2. The van der Waals surface area contributed by atoms with Crippen LogP contribution in [0.4, 0.5) is 4.79 Å². The fourth-order valence-electron chi connectivity index (χ4n) is 3.10. The monoisotopic (exact) mass is 383 g/mol. The molecular formula is C20H21N3O5. The maximum atomic E-state index is 12.2. The molecule has 28 heavy (non-hydrogen) atoms. The summed E-state index contributed by atoms with van der Waals surface area (Å²) >= 11 is 0. The minimum atomic E-state index is -0.295. The first-order valence-electron chi connectivity index (χ1n) is 9.08. The van der Waals surface area contributed by atoms with Crippen molar-refractivity contribution < 1.29 is 23.8 Å². The molecule has 0 bridgehead atoms. The van der Waals surface area contributed by atoms with Crippen LogP contribution >= 0.6 is 0 Å². The number of hydrogen-bond acceptors (Lipinski definition) is 5. The summed E-state index contributed by atoms with van der Waals surface area (Å²) in [6.07, 6.45) is 0. The van der Waals surface area contributed by atoms with Crippen LogP contribution in [-0.4, -0.2) is 43.3 Å². The molecule has 8 heteroatoms. The largest absolute Gasteiger partial charge is 0.483 e. The third kappa shape index (κ3) is 4.11. The molecule has 0 radical (unpaired) electrons. The Kier molecular flexibility index (Phi) is 5.18. The molecule has 2 aromatic carbocycles. The Morgan fingerprint density at radius 3 is 2.79 bits per heavy atom. The fourth-order valence-corrected chi connectivity index (χ4v) is 3.10. The summed E-state index contributed by atoms with van der Waals surface area (Å²) in [6, 6.07) is 12.8. The van der Waals surface area contributed by atoms with E-state index in [0.29, 0.717) is 37.7 Å². The van der Waals surface area contributed by atoms with E-state index >= 15 is 0 Å². The van der Waals surface area contributed by atoms with Gasteiger partial charge in [0.25, 0.3) is 5.91 Å². The number of nitrogens with zero attached hydrogens (tertiary/aromatic N) is 1. The van der Waals surface area contributed by atoms with Gasteiger partial charge in [0.2, 0.25) is 6.79 Å². The third-order valence-electron chi connectivity index (χ3n) is 4.59. The van der Waals surface area contributed by atoms with Crippen LogP contribution in [0.15, 0.2) is 42.5 Å². The molecule has 0 unspecified atom stereocenters. The highest BCUT2D eigenvalue weighted by atomic mass is 16.7. The number of nitrogens with one attached hydrogen (secondary N) is 2. The molecule has 2 aliphatic rings. The number of urea groups is 1. The zero-order chi connectivity index (χ0) is 19.3. The lowest BCUT2D eigenvalue weighted by atomic mass is 10.2. The molecule has 146 valence electrons. The molecule has 0 atom stereocenters. The van der Waals surface area contributed by atoms with Crippen molar-refractivity contribution in [2.45, 2.75) is 13.1 Å². The van der Waals surface area contributed by atoms with Crippen LogP contribution in [0.25, 0.3) is 0 Å². The Balaban J connectivity index is 1.23. The highest BCUT2D eigenvalue weighted by molar-refractivity contribution is 5.79. The van der Waals surface area contributed by atoms with Gasteiger partial charge in [-0.05, 0) is 23.8 Å². The van der Waals surface area contributed by atoms with Gasteiger partial charge in [-0.3, -0.25) is 4.79 Å². The third-order valence-corrected chi connectivity index (χ3v) is 4.59. The lowest BCUT2D eigenvalue weighted by molar-refractivity contribution is -0.133. The second-order valence-electron chi connectivity index (χ2n) is 6.51. The number of benzene rings is 2. The second-order valence-corrected chi connectivity index (χ2v) is 6.51. The van der Waals surface area contributed by atoms with E-state index in [4.69, 9.17) is 14.2 Å². The summed E-state index contributed by atoms with van der Waals surface area (Å²) < 4.78 is 16.1. The van der Waals surface area contributed by atoms with Crippen LogP contribution in [0, 0.1) is 0 Å². The average Bonchev–Trinajstić information content (AvgIpc) is 3.12. The van der Waals surface area contributed by atoms with E-state index in [0.717, 1.165) is 16.9 Å². The van der Waals surface area contributed by atoms with Gasteiger partial charge >= 0.3 is 6.03 Å². The van der Waals surface area contributed by atoms with Crippen LogP contribution < -0.4 is 24.8 Å². The van der Waals surface area contributed by atoms with E-state index in [1.54, 1.807) is 4.90 Å². The predicted octanol–water partition coefficient (Wildman–Crippen LogP) is 1.64. The van der Waals surface area contributed by atoms with E-state index in [1.165, 1.54) is 0 Å². The van der Waals surface area contributed by atoms with Crippen molar-refractivity contribution in [2.24, 2.45) is 0 Å². The molecule has 2 N–H and O–H groups in total. The number of carbonyl (C=O) groups excluding carboxylic acids is 2. The molecule has 2 heterocycles. The minimum Gasteiger partial charge on any atom is -0.483 e. The highest BCUT2D eigenvalue weighted by Crippen LogP contribution is 2.32. The van der Waals surface area contributed by atoms with Gasteiger partial charge in [-0.25, -0.2) is 4.79 Å². The number of carbonyl (C=O) groups is 2. The zero-order valence-electron chi connectivity index (χ0n) is 15.3. The van der Waals surface area contributed by atoms with E-state index in [-0.39, 0.29) is 25.3 Å². The van der Waals surface area contributed by atoms with Crippen LogP contribution in [-0.2, 0) is 17.9 Å². The molecule has 3 amide bonds. The lowest BCUT2D eigenvalue weighted by Gasteiger charge is -2.20. The smallest absolute Gasteiger partial charge is 0.315 e. The summed E-state index contributed by atoms with van der Waals surface area (Å²) in [4.78, 5) is 25.9. The molecule has 0 saturated heterocycles. The van der Waals surface area contributed by atoms with Gasteiger partial charge in [-0.2, -0.15) is 0 Å². The molecule has 0 saturated carbocycles. The van der Waals surface area contributed by atoms with Crippen molar-refractivity contribution in [1.29, 1.82) is 0 Å². The SMILES string of the molecule is O=C(NCCN1Cc2ccccc2OCC1=O)NCc1ccc2c(c1)OCO2. The van der Waals surface area contributed by atoms with E-state index in [1.807, 2.05) is 42.5 Å². The van der Waals surface area contributed by atoms with Gasteiger partial charge in [0.05, 0.1) is 0 Å². The Morgan fingerprint density at radius 2 is 1.86 bits per heavy atom. The summed E-state index contributed by atoms with van der Waals surface area (Å²) in [5.41, 5.74) is 1.87. The average molecular weight is 383 g/mol. The van der Waals surface area contributed by atoms with Crippen molar-refractivity contribution in [1.82, 2.24) is 15.5 Å². The molecule has 0 aliphatic carbocycles. The molecule has 2 aromatic rings. The summed E-state index contributed by atoms with van der Waals surface area (Å²) in [7, 11) is 0. The number of hydrogen-bond donors (Lipinski definition) is 2. The Labute approximate surface area is 162 Å². The quantitative estimate of drug-likeness (QED) is 0.819. The number of para-hydroxylation sites is 1. The van der Waals surface area contributed by atoms with E-state index in [9.17, 15) is 9.59 Å². The van der Waals surface area contributed by atoms with Gasteiger partial charge < -0.3 is 29.7 Å². The molecular weight excluding hydrogens is 362 g/mol. The van der Waals surface area contributed by atoms with Crippen LogP contribution in [0.3, 0.4) is 0 Å². The van der Waals surface area contributed by atoms with E-state index in [2.05, 4.69) is 10.6 Å². The topological polar surface area (TPSA) is 89.1 Å².